The molecular weight excluding hydrogens is 312 g/mol. The minimum atomic E-state index is -3.38. The van der Waals surface area contributed by atoms with Gasteiger partial charge in [0.1, 0.15) is 5.75 Å². The van der Waals surface area contributed by atoms with Gasteiger partial charge in [-0.1, -0.05) is 6.92 Å². The van der Waals surface area contributed by atoms with E-state index in [9.17, 15) is 8.42 Å². The van der Waals surface area contributed by atoms with Crippen molar-refractivity contribution in [2.75, 3.05) is 32.8 Å². The number of hydrogen-bond acceptors (Lipinski definition) is 4. The van der Waals surface area contributed by atoms with Crippen LogP contribution in [0.5, 0.6) is 5.75 Å². The van der Waals surface area contributed by atoms with Gasteiger partial charge < -0.3 is 10.1 Å². The van der Waals surface area contributed by atoms with Crippen LogP contribution in [-0.4, -0.2) is 45.5 Å². The average molecular weight is 335 g/mol. The Morgan fingerprint density at radius 2 is 1.90 bits per heavy atom. The molecule has 0 aromatic heterocycles. The van der Waals surface area contributed by atoms with Crippen LogP contribution in [0.4, 0.5) is 0 Å². The van der Waals surface area contributed by atoms with Gasteiger partial charge in [-0.25, -0.2) is 8.42 Å². The fourth-order valence-electron chi connectivity index (χ4n) is 2.14. The largest absolute Gasteiger partial charge is 0.494 e. The molecule has 0 unspecified atom stereocenters. The maximum atomic E-state index is 12.5. The molecule has 0 saturated carbocycles. The molecule has 21 heavy (non-hydrogen) atoms. The first-order valence-electron chi connectivity index (χ1n) is 7.08. The Bertz CT molecular complexity index is 512. The quantitative estimate of drug-likeness (QED) is 0.893. The van der Waals surface area contributed by atoms with Crippen LogP contribution in [0.3, 0.4) is 0 Å². The van der Waals surface area contributed by atoms with Crippen molar-refractivity contribution in [1.29, 1.82) is 0 Å². The second-order valence-corrected chi connectivity index (χ2v) is 6.77. The maximum Gasteiger partial charge on any atom is 0.243 e. The molecule has 2 rings (SSSR count). The summed E-state index contributed by atoms with van der Waals surface area (Å²) in [6, 6.07) is 6.69. The lowest BCUT2D eigenvalue weighted by atomic mass is 10.3. The van der Waals surface area contributed by atoms with Gasteiger partial charge in [-0.05, 0) is 43.7 Å². The molecule has 1 heterocycles. The number of sulfonamides is 1. The first-order chi connectivity index (χ1) is 9.64. The van der Waals surface area contributed by atoms with Crippen LogP contribution in [0.25, 0.3) is 0 Å². The van der Waals surface area contributed by atoms with Gasteiger partial charge in [0, 0.05) is 19.6 Å². The summed E-state index contributed by atoms with van der Waals surface area (Å²) in [5, 5.41) is 3.21. The van der Waals surface area contributed by atoms with E-state index in [-0.39, 0.29) is 12.4 Å². The third kappa shape index (κ3) is 4.85. The van der Waals surface area contributed by atoms with Crippen LogP contribution in [-0.2, 0) is 10.0 Å². The third-order valence-corrected chi connectivity index (χ3v) is 5.15. The monoisotopic (exact) mass is 334 g/mol. The van der Waals surface area contributed by atoms with Gasteiger partial charge in [-0.3, -0.25) is 0 Å². The molecule has 1 aliphatic rings. The van der Waals surface area contributed by atoms with Crippen LogP contribution in [0, 0.1) is 0 Å². The van der Waals surface area contributed by atoms with Gasteiger partial charge in [0.05, 0.1) is 11.5 Å². The van der Waals surface area contributed by atoms with E-state index in [4.69, 9.17) is 4.74 Å². The summed E-state index contributed by atoms with van der Waals surface area (Å²) in [4.78, 5) is 0.336. The van der Waals surface area contributed by atoms with Gasteiger partial charge in [0.2, 0.25) is 10.0 Å². The molecule has 1 aromatic carbocycles. The summed E-state index contributed by atoms with van der Waals surface area (Å²) >= 11 is 0. The van der Waals surface area contributed by atoms with E-state index in [0.717, 1.165) is 19.4 Å². The smallest absolute Gasteiger partial charge is 0.243 e. The van der Waals surface area contributed by atoms with E-state index in [1.165, 1.54) is 0 Å². The van der Waals surface area contributed by atoms with Gasteiger partial charge in [0.15, 0.2) is 0 Å². The molecule has 0 radical (unpaired) electrons. The van der Waals surface area contributed by atoms with Crippen molar-refractivity contribution in [3.63, 3.8) is 0 Å². The molecule has 0 bridgehead atoms. The van der Waals surface area contributed by atoms with E-state index in [2.05, 4.69) is 5.32 Å². The van der Waals surface area contributed by atoms with Crippen LogP contribution in [0.1, 0.15) is 19.8 Å². The van der Waals surface area contributed by atoms with Gasteiger partial charge in [-0.15, -0.1) is 12.4 Å². The van der Waals surface area contributed by atoms with E-state index in [0.29, 0.717) is 36.9 Å². The molecule has 0 spiro atoms. The summed E-state index contributed by atoms with van der Waals surface area (Å²) in [5.74, 6) is 0.711. The normalized spacial score (nSPS) is 16.8. The molecule has 0 aliphatic carbocycles. The topological polar surface area (TPSA) is 58.6 Å². The van der Waals surface area contributed by atoms with Crippen molar-refractivity contribution in [3.05, 3.63) is 24.3 Å². The highest BCUT2D eigenvalue weighted by Crippen LogP contribution is 2.20. The molecule has 1 saturated heterocycles. The molecule has 0 atom stereocenters. The Hall–Kier alpha value is -0.820. The maximum absolute atomic E-state index is 12.5. The third-order valence-electron chi connectivity index (χ3n) is 3.23. The molecule has 1 fully saturated rings. The summed E-state index contributed by atoms with van der Waals surface area (Å²) in [6.45, 7) is 5.35. The van der Waals surface area contributed by atoms with Crippen molar-refractivity contribution in [2.24, 2.45) is 0 Å². The Morgan fingerprint density at radius 1 is 1.19 bits per heavy atom. The van der Waals surface area contributed by atoms with E-state index < -0.39 is 10.0 Å². The van der Waals surface area contributed by atoms with E-state index in [1.54, 1.807) is 28.6 Å². The summed E-state index contributed by atoms with van der Waals surface area (Å²) in [6.07, 6.45) is 1.78. The summed E-state index contributed by atoms with van der Waals surface area (Å²) in [5.41, 5.74) is 0. The zero-order valence-electron chi connectivity index (χ0n) is 12.2. The minimum absolute atomic E-state index is 0. The highest BCUT2D eigenvalue weighted by atomic mass is 35.5. The second-order valence-electron chi connectivity index (χ2n) is 4.83. The predicted molar refractivity (Wildman–Crippen MR) is 85.7 cm³/mol. The average Bonchev–Trinajstić information content (AvgIpc) is 2.75. The fraction of sp³-hybridized carbons (Fsp3) is 0.571. The zero-order chi connectivity index (χ0) is 14.4. The molecule has 5 nitrogen and oxygen atoms in total. The number of nitrogens with one attached hydrogen (secondary N) is 1. The van der Waals surface area contributed by atoms with Gasteiger partial charge in [-0.2, -0.15) is 4.31 Å². The van der Waals surface area contributed by atoms with E-state index >= 15 is 0 Å². The lowest BCUT2D eigenvalue weighted by Crippen LogP contribution is -2.34. The van der Waals surface area contributed by atoms with Gasteiger partial charge in [0.25, 0.3) is 0 Å². The van der Waals surface area contributed by atoms with Crippen LogP contribution >= 0.6 is 12.4 Å². The van der Waals surface area contributed by atoms with Crippen molar-refractivity contribution < 1.29 is 13.2 Å². The van der Waals surface area contributed by atoms with Crippen LogP contribution in [0.2, 0.25) is 0 Å². The van der Waals surface area contributed by atoms with Crippen molar-refractivity contribution in [3.8, 4) is 5.75 Å². The van der Waals surface area contributed by atoms with Gasteiger partial charge >= 0.3 is 0 Å². The van der Waals surface area contributed by atoms with Crippen molar-refractivity contribution in [2.45, 2.75) is 24.7 Å². The zero-order valence-corrected chi connectivity index (χ0v) is 13.9. The number of hydrogen-bond donors (Lipinski definition) is 1. The lowest BCUT2D eigenvalue weighted by molar-refractivity contribution is 0.317. The standard InChI is InChI=1S/C14H22N2O3S.ClH/c1-2-12-19-13-4-6-14(7-5-13)20(17,18)16-10-3-8-15-9-11-16;/h4-7,15H,2-3,8-12H2,1H3;1H. The number of ether oxygens (including phenoxy) is 1. The lowest BCUT2D eigenvalue weighted by Gasteiger charge is -2.19. The molecule has 1 N–H and O–H groups in total. The van der Waals surface area contributed by atoms with Crippen LogP contribution < -0.4 is 10.1 Å². The number of nitrogens with zero attached hydrogens (tertiary/aromatic N) is 1. The Kier molecular flexibility index (Phi) is 7.45. The Labute approximate surface area is 133 Å². The fourth-order valence-corrected chi connectivity index (χ4v) is 3.62. The number of halogens is 1. The molecule has 1 aromatic rings. The minimum Gasteiger partial charge on any atom is -0.494 e. The predicted octanol–water partition coefficient (Wildman–Crippen LogP) is 1.88. The Morgan fingerprint density at radius 3 is 2.57 bits per heavy atom. The molecule has 0 amide bonds. The molecule has 1 aliphatic heterocycles. The van der Waals surface area contributed by atoms with Crippen LogP contribution in [0.15, 0.2) is 29.2 Å². The van der Waals surface area contributed by atoms with E-state index in [1.807, 2.05) is 6.92 Å². The number of benzene rings is 1. The highest BCUT2D eigenvalue weighted by molar-refractivity contribution is 7.89. The summed E-state index contributed by atoms with van der Waals surface area (Å²) < 4.78 is 32.1. The highest BCUT2D eigenvalue weighted by Gasteiger charge is 2.24. The SMILES string of the molecule is CCCOc1ccc(S(=O)(=O)N2CCCNCC2)cc1.Cl. The van der Waals surface area contributed by atoms with Crippen molar-refractivity contribution >= 4 is 22.4 Å². The molecule has 120 valence electrons. The summed E-state index contributed by atoms with van der Waals surface area (Å²) in [7, 11) is -3.38. The molecular formula is C14H23ClN2O3S. The number of rotatable bonds is 5. The Balaban J connectivity index is 0.00000220. The first kappa shape index (κ1) is 18.2. The first-order valence-corrected chi connectivity index (χ1v) is 8.52. The second kappa shape index (κ2) is 8.58. The van der Waals surface area contributed by atoms with Crippen molar-refractivity contribution in [1.82, 2.24) is 9.62 Å². The molecule has 7 heteroatoms.